The predicted molar refractivity (Wildman–Crippen MR) is 94.6 cm³/mol. The Balaban J connectivity index is 1.90. The molecule has 3 rings (SSSR count). The molecule has 1 aliphatic heterocycles. The molecule has 0 unspecified atom stereocenters. The number of carbonyl (C=O) groups is 1. The number of benzene rings is 1. The van der Waals surface area contributed by atoms with Gasteiger partial charge >= 0.3 is 5.97 Å². The van der Waals surface area contributed by atoms with Gasteiger partial charge in [-0.1, -0.05) is 0 Å². The molecule has 1 aliphatic rings. The van der Waals surface area contributed by atoms with E-state index in [1.165, 1.54) is 0 Å². The summed E-state index contributed by atoms with van der Waals surface area (Å²) in [6.45, 7) is 3.66. The van der Waals surface area contributed by atoms with Crippen molar-refractivity contribution < 1.29 is 14.3 Å². The highest BCUT2D eigenvalue weighted by molar-refractivity contribution is 5.95. The fourth-order valence-corrected chi connectivity index (χ4v) is 3.31. The van der Waals surface area contributed by atoms with Gasteiger partial charge < -0.3 is 14.4 Å². The average Bonchev–Trinajstić information content (AvgIpc) is 2.66. The highest BCUT2D eigenvalue weighted by Gasteiger charge is 2.28. The van der Waals surface area contributed by atoms with Crippen molar-refractivity contribution in [2.75, 3.05) is 31.7 Å². The van der Waals surface area contributed by atoms with Crippen LogP contribution in [0.1, 0.15) is 25.3 Å². The molecule has 25 heavy (non-hydrogen) atoms. The Morgan fingerprint density at radius 3 is 2.80 bits per heavy atom. The smallest absolute Gasteiger partial charge is 0.309 e. The Morgan fingerprint density at radius 1 is 1.40 bits per heavy atom. The van der Waals surface area contributed by atoms with Crippen LogP contribution in [0.4, 0.5) is 5.69 Å². The van der Waals surface area contributed by atoms with Gasteiger partial charge in [-0.05, 0) is 31.9 Å². The van der Waals surface area contributed by atoms with Crippen LogP contribution in [-0.2, 0) is 9.53 Å². The number of fused-ring (bicyclic) bond motifs is 1. The Bertz CT molecular complexity index is 821. The number of aromatic nitrogens is 1. The van der Waals surface area contributed by atoms with Crippen LogP contribution < -0.4 is 9.64 Å². The maximum absolute atomic E-state index is 11.9. The van der Waals surface area contributed by atoms with Gasteiger partial charge in [0.2, 0.25) is 0 Å². The number of anilines is 1. The molecule has 1 saturated heterocycles. The summed E-state index contributed by atoms with van der Waals surface area (Å²) < 4.78 is 10.4. The summed E-state index contributed by atoms with van der Waals surface area (Å²) in [6, 6.07) is 7.92. The van der Waals surface area contributed by atoms with E-state index in [0.29, 0.717) is 25.3 Å². The molecular weight excluding hydrogens is 318 g/mol. The van der Waals surface area contributed by atoms with Crippen molar-refractivity contribution in [3.63, 3.8) is 0 Å². The van der Waals surface area contributed by atoms with Crippen LogP contribution in [-0.4, -0.2) is 37.8 Å². The van der Waals surface area contributed by atoms with Crippen molar-refractivity contribution >= 4 is 22.6 Å². The van der Waals surface area contributed by atoms with Gasteiger partial charge in [0.15, 0.2) is 0 Å². The fourth-order valence-electron chi connectivity index (χ4n) is 3.31. The molecule has 1 aromatic carbocycles. The molecule has 0 aliphatic carbocycles. The minimum absolute atomic E-state index is 0.0602. The molecule has 6 nitrogen and oxygen atoms in total. The molecule has 1 aromatic heterocycles. The number of pyridine rings is 1. The van der Waals surface area contributed by atoms with E-state index in [9.17, 15) is 10.1 Å². The van der Waals surface area contributed by atoms with E-state index in [1.54, 1.807) is 13.3 Å². The SMILES string of the molecule is CCOC(=O)C1CCN(c2c(C#N)cnc3cc(OC)ccc23)CC1. The first-order chi connectivity index (χ1) is 12.2. The highest BCUT2D eigenvalue weighted by Crippen LogP contribution is 2.34. The quantitative estimate of drug-likeness (QED) is 0.797. The third-order valence-corrected chi connectivity index (χ3v) is 4.60. The second-order valence-corrected chi connectivity index (χ2v) is 6.03. The van der Waals surface area contributed by atoms with Crippen molar-refractivity contribution in [3.05, 3.63) is 30.0 Å². The lowest BCUT2D eigenvalue weighted by atomic mass is 9.95. The zero-order valence-corrected chi connectivity index (χ0v) is 14.5. The number of nitrogens with zero attached hydrogens (tertiary/aromatic N) is 3. The van der Waals surface area contributed by atoms with Gasteiger partial charge in [0, 0.05) is 30.7 Å². The lowest BCUT2D eigenvalue weighted by Gasteiger charge is -2.33. The predicted octanol–water partition coefficient (Wildman–Crippen LogP) is 2.89. The van der Waals surface area contributed by atoms with E-state index in [2.05, 4.69) is 16.0 Å². The van der Waals surface area contributed by atoms with Crippen molar-refractivity contribution in [1.82, 2.24) is 4.98 Å². The van der Waals surface area contributed by atoms with Crippen LogP contribution in [0.2, 0.25) is 0 Å². The van der Waals surface area contributed by atoms with Crippen molar-refractivity contribution in [2.24, 2.45) is 5.92 Å². The van der Waals surface area contributed by atoms with E-state index < -0.39 is 0 Å². The first-order valence-electron chi connectivity index (χ1n) is 8.46. The molecule has 2 heterocycles. The molecule has 0 amide bonds. The maximum Gasteiger partial charge on any atom is 0.309 e. The second-order valence-electron chi connectivity index (χ2n) is 6.03. The third kappa shape index (κ3) is 3.36. The summed E-state index contributed by atoms with van der Waals surface area (Å²) in [6.07, 6.45) is 3.06. The minimum atomic E-state index is -0.119. The molecule has 0 radical (unpaired) electrons. The number of esters is 1. The summed E-state index contributed by atoms with van der Waals surface area (Å²) in [5.74, 6) is 0.554. The van der Waals surface area contributed by atoms with Crippen LogP contribution in [0.5, 0.6) is 5.75 Å². The number of carbonyl (C=O) groups excluding carboxylic acids is 1. The number of methoxy groups -OCH3 is 1. The summed E-state index contributed by atoms with van der Waals surface area (Å²) >= 11 is 0. The van der Waals surface area contributed by atoms with Crippen molar-refractivity contribution in [2.45, 2.75) is 19.8 Å². The van der Waals surface area contributed by atoms with Crippen LogP contribution in [0.25, 0.3) is 10.9 Å². The second kappa shape index (κ2) is 7.39. The third-order valence-electron chi connectivity index (χ3n) is 4.60. The molecule has 0 spiro atoms. The van der Waals surface area contributed by atoms with Gasteiger partial charge in [0.1, 0.15) is 11.8 Å². The highest BCUT2D eigenvalue weighted by atomic mass is 16.5. The van der Waals surface area contributed by atoms with E-state index in [4.69, 9.17) is 9.47 Å². The van der Waals surface area contributed by atoms with Crippen LogP contribution in [0, 0.1) is 17.2 Å². The van der Waals surface area contributed by atoms with Gasteiger partial charge in [0.05, 0.1) is 36.4 Å². The van der Waals surface area contributed by atoms with Crippen LogP contribution >= 0.6 is 0 Å². The lowest BCUT2D eigenvalue weighted by Crippen LogP contribution is -2.37. The number of ether oxygens (including phenoxy) is 2. The summed E-state index contributed by atoms with van der Waals surface area (Å²) in [5.41, 5.74) is 2.23. The zero-order chi connectivity index (χ0) is 17.8. The molecular formula is C19H21N3O3. The summed E-state index contributed by atoms with van der Waals surface area (Å²) in [4.78, 5) is 18.5. The molecule has 2 aromatic rings. The van der Waals surface area contributed by atoms with E-state index in [1.807, 2.05) is 25.1 Å². The molecule has 0 atom stereocenters. The number of hydrogen-bond acceptors (Lipinski definition) is 6. The number of nitriles is 1. The van der Waals surface area contributed by atoms with Gasteiger partial charge in [-0.2, -0.15) is 5.26 Å². The van der Waals surface area contributed by atoms with Gasteiger partial charge in [-0.15, -0.1) is 0 Å². The van der Waals surface area contributed by atoms with Crippen molar-refractivity contribution in [3.8, 4) is 11.8 Å². The largest absolute Gasteiger partial charge is 0.497 e. The fraction of sp³-hybridized carbons (Fsp3) is 0.421. The van der Waals surface area contributed by atoms with E-state index >= 15 is 0 Å². The maximum atomic E-state index is 11.9. The molecule has 0 N–H and O–H groups in total. The first kappa shape index (κ1) is 17.0. The molecule has 0 saturated carbocycles. The molecule has 1 fully saturated rings. The summed E-state index contributed by atoms with van der Waals surface area (Å²) in [5, 5.41) is 10.4. The number of rotatable bonds is 4. The first-order valence-corrected chi connectivity index (χ1v) is 8.46. The molecule has 130 valence electrons. The van der Waals surface area contributed by atoms with Crippen LogP contribution in [0.15, 0.2) is 24.4 Å². The van der Waals surface area contributed by atoms with Gasteiger partial charge in [-0.3, -0.25) is 9.78 Å². The van der Waals surface area contributed by atoms with E-state index in [0.717, 1.165) is 35.2 Å². The lowest BCUT2D eigenvalue weighted by molar-refractivity contribution is -0.148. The van der Waals surface area contributed by atoms with E-state index in [-0.39, 0.29) is 11.9 Å². The Morgan fingerprint density at radius 2 is 2.16 bits per heavy atom. The van der Waals surface area contributed by atoms with Gasteiger partial charge in [0.25, 0.3) is 0 Å². The number of piperidine rings is 1. The molecule has 6 heteroatoms. The zero-order valence-electron chi connectivity index (χ0n) is 14.5. The standard InChI is InChI=1S/C19H21N3O3/c1-3-25-19(23)13-6-8-22(9-7-13)18-14(11-20)12-21-17-10-15(24-2)4-5-16(17)18/h4-5,10,12-13H,3,6-9H2,1-2H3. The van der Waals surface area contributed by atoms with Crippen molar-refractivity contribution in [1.29, 1.82) is 5.26 Å². The Hall–Kier alpha value is -2.81. The Kier molecular flexibility index (Phi) is 5.03. The summed E-state index contributed by atoms with van der Waals surface area (Å²) in [7, 11) is 1.62. The monoisotopic (exact) mass is 339 g/mol. The topological polar surface area (TPSA) is 75.5 Å². The van der Waals surface area contributed by atoms with Crippen LogP contribution in [0.3, 0.4) is 0 Å². The molecule has 0 bridgehead atoms. The minimum Gasteiger partial charge on any atom is -0.497 e. The number of hydrogen-bond donors (Lipinski definition) is 0. The average molecular weight is 339 g/mol. The van der Waals surface area contributed by atoms with Gasteiger partial charge in [-0.25, -0.2) is 0 Å². The normalized spacial score (nSPS) is 15.0. The Labute approximate surface area is 147 Å².